The summed E-state index contributed by atoms with van der Waals surface area (Å²) in [7, 11) is 0. The quantitative estimate of drug-likeness (QED) is 0.602. The molecule has 9 nitrogen and oxygen atoms in total. The zero-order valence-electron chi connectivity index (χ0n) is 15.3. The third kappa shape index (κ3) is 5.16. The van der Waals surface area contributed by atoms with Crippen LogP contribution in [-0.2, 0) is 6.54 Å². The number of carbonyl (C=O) groups is 1. The van der Waals surface area contributed by atoms with Gasteiger partial charge in [0.15, 0.2) is 6.61 Å². The first-order valence-corrected chi connectivity index (χ1v) is 8.51. The highest BCUT2D eigenvalue weighted by atomic mass is 19.4. The average Bonchev–Trinajstić information content (AvgIpc) is 3.07. The molecule has 3 rings (SSSR count). The number of aromatic nitrogens is 5. The number of aliphatic hydroxyl groups is 1. The number of alkyl halides is 3. The van der Waals surface area contributed by atoms with Crippen molar-refractivity contribution in [2.45, 2.75) is 19.6 Å². The molecule has 0 aliphatic heterocycles. The van der Waals surface area contributed by atoms with Crippen molar-refractivity contribution in [3.05, 3.63) is 41.5 Å². The molecule has 3 aromatic rings. The Morgan fingerprint density at radius 2 is 2.14 bits per heavy atom. The number of fused-ring (bicyclic) bond motifs is 1. The molecule has 0 saturated carbocycles. The number of halogens is 3. The van der Waals surface area contributed by atoms with E-state index in [4.69, 9.17) is 5.11 Å². The fraction of sp³-hybridized carbons (Fsp3) is 0.353. The zero-order chi connectivity index (χ0) is 21.0. The molecule has 0 fully saturated rings. The van der Waals surface area contributed by atoms with Crippen molar-refractivity contribution in [1.29, 1.82) is 0 Å². The normalized spacial score (nSPS) is 11.6. The second-order valence-electron chi connectivity index (χ2n) is 6.13. The average molecular weight is 410 g/mol. The topological polar surface area (TPSA) is 115 Å². The summed E-state index contributed by atoms with van der Waals surface area (Å²) in [5, 5.41) is 23.8. The number of aryl methyl sites for hydroxylation is 1. The summed E-state index contributed by atoms with van der Waals surface area (Å²) in [6, 6.07) is 3.19. The second kappa shape index (κ2) is 8.39. The number of hydrogen-bond acceptors (Lipinski definition) is 7. The van der Waals surface area contributed by atoms with Crippen LogP contribution in [0.4, 0.5) is 13.2 Å². The van der Waals surface area contributed by atoms with Crippen LogP contribution in [-0.4, -0.2) is 61.9 Å². The van der Waals surface area contributed by atoms with Gasteiger partial charge >= 0.3 is 6.18 Å². The summed E-state index contributed by atoms with van der Waals surface area (Å²) < 4.78 is 43.0. The Hall–Kier alpha value is -3.28. The number of amides is 1. The van der Waals surface area contributed by atoms with Gasteiger partial charge in [-0.15, -0.1) is 10.2 Å². The first-order valence-electron chi connectivity index (χ1n) is 8.51. The first kappa shape index (κ1) is 20.5. The van der Waals surface area contributed by atoms with Crippen LogP contribution in [0.25, 0.3) is 10.9 Å². The van der Waals surface area contributed by atoms with E-state index in [-0.39, 0.29) is 31.3 Å². The van der Waals surface area contributed by atoms with Gasteiger partial charge in [0.25, 0.3) is 5.91 Å². The van der Waals surface area contributed by atoms with E-state index in [1.54, 1.807) is 25.3 Å². The monoisotopic (exact) mass is 410 g/mol. The maximum atomic E-state index is 12.3. The summed E-state index contributed by atoms with van der Waals surface area (Å²) in [6.45, 7) is 0.210. The Balaban J connectivity index is 1.78. The highest BCUT2D eigenvalue weighted by Crippen LogP contribution is 2.20. The van der Waals surface area contributed by atoms with Crippen LogP contribution < -0.4 is 10.1 Å². The molecule has 0 saturated heterocycles. The molecule has 0 spiro atoms. The third-order valence-electron chi connectivity index (χ3n) is 3.78. The van der Waals surface area contributed by atoms with Crippen molar-refractivity contribution >= 4 is 16.8 Å². The molecule has 0 unspecified atom stereocenters. The molecule has 3 heterocycles. The smallest absolute Gasteiger partial charge is 0.422 e. The molecule has 0 bridgehead atoms. The number of nitrogens with zero attached hydrogens (tertiary/aromatic N) is 5. The van der Waals surface area contributed by atoms with E-state index < -0.39 is 18.7 Å². The number of rotatable bonds is 7. The fourth-order valence-corrected chi connectivity index (χ4v) is 2.57. The lowest BCUT2D eigenvalue weighted by Gasteiger charge is -2.10. The van der Waals surface area contributed by atoms with Crippen molar-refractivity contribution in [2.75, 3.05) is 19.8 Å². The number of ether oxygens (including phenoxy) is 1. The molecule has 2 N–H and O–H groups in total. The molecule has 154 valence electrons. The van der Waals surface area contributed by atoms with Crippen LogP contribution >= 0.6 is 0 Å². The van der Waals surface area contributed by atoms with E-state index >= 15 is 0 Å². The minimum absolute atomic E-state index is 0.0999. The fourth-order valence-electron chi connectivity index (χ4n) is 2.57. The second-order valence-corrected chi connectivity index (χ2v) is 6.13. The maximum absolute atomic E-state index is 12.3. The van der Waals surface area contributed by atoms with E-state index in [1.165, 1.54) is 10.9 Å². The van der Waals surface area contributed by atoms with Crippen LogP contribution in [0.1, 0.15) is 21.7 Å². The molecule has 0 aromatic carbocycles. The molecular weight excluding hydrogens is 393 g/mol. The molecule has 0 aliphatic carbocycles. The van der Waals surface area contributed by atoms with Crippen LogP contribution in [0.5, 0.6) is 5.88 Å². The van der Waals surface area contributed by atoms with Gasteiger partial charge in [0, 0.05) is 24.5 Å². The number of carbonyl (C=O) groups excluding carboxylic acids is 1. The molecule has 29 heavy (non-hydrogen) atoms. The summed E-state index contributed by atoms with van der Waals surface area (Å²) >= 11 is 0. The van der Waals surface area contributed by atoms with Crippen LogP contribution in [0, 0.1) is 6.92 Å². The maximum Gasteiger partial charge on any atom is 0.422 e. The zero-order valence-corrected chi connectivity index (χ0v) is 15.3. The standard InChI is InChI=1S/C17H17F3N6O3/c1-10-6-11(23-24-16(10)29-9-17(18,19)20)7-26-8-12-13(25-26)2-3-21-14(12)15(28)22-4-5-27/h2-3,6,8,27H,4-5,7,9H2,1H3,(H,22,28). The molecule has 1 amide bonds. The summed E-state index contributed by atoms with van der Waals surface area (Å²) in [5.74, 6) is -0.630. The van der Waals surface area contributed by atoms with Crippen molar-refractivity contribution in [2.24, 2.45) is 0 Å². The van der Waals surface area contributed by atoms with Crippen LogP contribution in [0.2, 0.25) is 0 Å². The van der Waals surface area contributed by atoms with Crippen molar-refractivity contribution < 1.29 is 27.8 Å². The molecule has 0 radical (unpaired) electrons. The van der Waals surface area contributed by atoms with Gasteiger partial charge in [0.2, 0.25) is 5.88 Å². The largest absolute Gasteiger partial charge is 0.467 e. The summed E-state index contributed by atoms with van der Waals surface area (Å²) in [6.07, 6.45) is -1.40. The predicted octanol–water partition coefficient (Wildman–Crippen LogP) is 1.24. The van der Waals surface area contributed by atoms with Gasteiger partial charge in [-0.1, -0.05) is 0 Å². The number of aliphatic hydroxyl groups excluding tert-OH is 1. The van der Waals surface area contributed by atoms with Gasteiger partial charge < -0.3 is 15.2 Å². The molecule has 0 aliphatic rings. The van der Waals surface area contributed by atoms with Gasteiger partial charge in [0.05, 0.1) is 29.7 Å². The van der Waals surface area contributed by atoms with Gasteiger partial charge in [-0.3, -0.25) is 14.5 Å². The number of pyridine rings is 1. The van der Waals surface area contributed by atoms with E-state index in [2.05, 4.69) is 30.3 Å². The van der Waals surface area contributed by atoms with Crippen molar-refractivity contribution in [3.63, 3.8) is 0 Å². The molecule has 12 heteroatoms. The summed E-state index contributed by atoms with van der Waals surface area (Å²) in [5.41, 5.74) is 1.56. The van der Waals surface area contributed by atoms with Crippen LogP contribution in [0.3, 0.4) is 0 Å². The Morgan fingerprint density at radius 1 is 1.34 bits per heavy atom. The van der Waals surface area contributed by atoms with Gasteiger partial charge in [0.1, 0.15) is 5.69 Å². The molecular formula is C17H17F3N6O3. The first-order chi connectivity index (χ1) is 13.8. The lowest BCUT2D eigenvalue weighted by molar-refractivity contribution is -0.154. The van der Waals surface area contributed by atoms with Crippen LogP contribution in [0.15, 0.2) is 24.5 Å². The van der Waals surface area contributed by atoms with Crippen molar-refractivity contribution in [1.82, 2.24) is 30.3 Å². The SMILES string of the molecule is Cc1cc(Cn2cc3c(C(=O)NCCO)nccc3n2)nnc1OCC(F)(F)F. The van der Waals surface area contributed by atoms with E-state index in [1.807, 2.05) is 0 Å². The Labute approximate surface area is 162 Å². The minimum Gasteiger partial charge on any atom is -0.467 e. The Kier molecular flexibility index (Phi) is 5.92. The summed E-state index contributed by atoms with van der Waals surface area (Å²) in [4.78, 5) is 16.2. The van der Waals surface area contributed by atoms with E-state index in [0.29, 0.717) is 22.2 Å². The highest BCUT2D eigenvalue weighted by Gasteiger charge is 2.29. The van der Waals surface area contributed by atoms with Gasteiger partial charge in [-0.05, 0) is 19.1 Å². The van der Waals surface area contributed by atoms with Gasteiger partial charge in [-0.2, -0.15) is 18.3 Å². The predicted molar refractivity (Wildman–Crippen MR) is 94.4 cm³/mol. The lowest BCUT2D eigenvalue weighted by Crippen LogP contribution is -2.27. The van der Waals surface area contributed by atoms with E-state index in [0.717, 1.165) is 0 Å². The number of nitrogens with one attached hydrogen (secondary N) is 1. The molecule has 3 aromatic heterocycles. The highest BCUT2D eigenvalue weighted by molar-refractivity contribution is 6.04. The Morgan fingerprint density at radius 3 is 2.83 bits per heavy atom. The van der Waals surface area contributed by atoms with Gasteiger partial charge in [-0.25, -0.2) is 0 Å². The van der Waals surface area contributed by atoms with Crippen molar-refractivity contribution in [3.8, 4) is 5.88 Å². The Bertz CT molecular complexity index is 1020. The minimum atomic E-state index is -4.46. The van der Waals surface area contributed by atoms with E-state index in [9.17, 15) is 18.0 Å². The number of hydrogen-bond donors (Lipinski definition) is 2. The lowest BCUT2D eigenvalue weighted by atomic mass is 10.2. The molecule has 0 atom stereocenters. The third-order valence-corrected chi connectivity index (χ3v) is 3.78.